The van der Waals surface area contributed by atoms with Gasteiger partial charge in [0.1, 0.15) is 11.3 Å². The fourth-order valence-corrected chi connectivity index (χ4v) is 1.86. The molecule has 0 aliphatic carbocycles. The Hall–Kier alpha value is -2.49. The third kappa shape index (κ3) is 2.12. The number of oxazole rings is 1. The molecule has 3 nitrogen and oxygen atoms in total. The highest BCUT2D eigenvalue weighted by molar-refractivity contribution is 5.97. The third-order valence-electron chi connectivity index (χ3n) is 2.89. The zero-order valence-corrected chi connectivity index (χ0v) is 10.2. The van der Waals surface area contributed by atoms with E-state index in [2.05, 4.69) is 4.98 Å². The number of rotatable bonds is 2. The van der Waals surface area contributed by atoms with Crippen molar-refractivity contribution in [3.8, 4) is 11.5 Å². The van der Waals surface area contributed by atoms with E-state index in [1.807, 2.05) is 0 Å². The highest BCUT2D eigenvalue weighted by atomic mass is 19.1. The van der Waals surface area contributed by atoms with E-state index in [1.165, 1.54) is 19.1 Å². The standard InChI is InChI=1S/C15H10FNO2/c1-9(18)11-4-7-14-13(8-11)17-15(19-14)10-2-5-12(16)6-3-10/h2-8H,1H3. The van der Waals surface area contributed by atoms with Crippen molar-refractivity contribution in [2.75, 3.05) is 0 Å². The van der Waals surface area contributed by atoms with Gasteiger partial charge in [0.2, 0.25) is 5.89 Å². The van der Waals surface area contributed by atoms with Gasteiger partial charge in [-0.05, 0) is 49.4 Å². The van der Waals surface area contributed by atoms with Gasteiger partial charge in [0.25, 0.3) is 0 Å². The minimum Gasteiger partial charge on any atom is -0.436 e. The summed E-state index contributed by atoms with van der Waals surface area (Å²) in [6.07, 6.45) is 0. The van der Waals surface area contributed by atoms with Crippen molar-refractivity contribution in [3.63, 3.8) is 0 Å². The second-order valence-electron chi connectivity index (χ2n) is 4.26. The molecule has 0 spiro atoms. The molecule has 0 fully saturated rings. The van der Waals surface area contributed by atoms with E-state index in [4.69, 9.17) is 4.42 Å². The fourth-order valence-electron chi connectivity index (χ4n) is 1.86. The minimum atomic E-state index is -0.307. The number of carbonyl (C=O) groups is 1. The summed E-state index contributed by atoms with van der Waals surface area (Å²) in [5.74, 6) is 0.0858. The van der Waals surface area contributed by atoms with Crippen molar-refractivity contribution in [1.29, 1.82) is 0 Å². The van der Waals surface area contributed by atoms with Crippen LogP contribution in [0.3, 0.4) is 0 Å². The van der Waals surface area contributed by atoms with E-state index in [0.29, 0.717) is 28.1 Å². The van der Waals surface area contributed by atoms with Gasteiger partial charge in [-0.2, -0.15) is 0 Å². The summed E-state index contributed by atoms with van der Waals surface area (Å²) in [4.78, 5) is 15.6. The number of nitrogens with zero attached hydrogens (tertiary/aromatic N) is 1. The molecule has 94 valence electrons. The summed E-state index contributed by atoms with van der Waals surface area (Å²) >= 11 is 0. The van der Waals surface area contributed by atoms with Gasteiger partial charge in [0.15, 0.2) is 11.4 Å². The van der Waals surface area contributed by atoms with Gasteiger partial charge < -0.3 is 4.42 Å². The second-order valence-corrected chi connectivity index (χ2v) is 4.26. The van der Waals surface area contributed by atoms with E-state index in [9.17, 15) is 9.18 Å². The van der Waals surface area contributed by atoms with Crippen LogP contribution < -0.4 is 0 Å². The summed E-state index contributed by atoms with van der Waals surface area (Å²) < 4.78 is 18.4. The molecule has 0 N–H and O–H groups in total. The Morgan fingerprint density at radius 1 is 1.16 bits per heavy atom. The first kappa shape index (κ1) is 11.6. The van der Waals surface area contributed by atoms with Crippen molar-refractivity contribution in [2.45, 2.75) is 6.92 Å². The number of halogens is 1. The predicted molar refractivity (Wildman–Crippen MR) is 69.4 cm³/mol. The lowest BCUT2D eigenvalue weighted by molar-refractivity contribution is 0.101. The SMILES string of the molecule is CC(=O)c1ccc2oc(-c3ccc(F)cc3)nc2c1. The first-order valence-electron chi connectivity index (χ1n) is 5.81. The molecular formula is C15H10FNO2. The summed E-state index contributed by atoms with van der Waals surface area (Å²) in [5.41, 5.74) is 2.50. The number of fused-ring (bicyclic) bond motifs is 1. The molecule has 4 heteroatoms. The Morgan fingerprint density at radius 3 is 2.58 bits per heavy atom. The first-order chi connectivity index (χ1) is 9.13. The van der Waals surface area contributed by atoms with Crippen LogP contribution in [-0.4, -0.2) is 10.8 Å². The Labute approximate surface area is 108 Å². The zero-order valence-electron chi connectivity index (χ0n) is 10.2. The molecule has 0 saturated carbocycles. The molecule has 1 aromatic heterocycles. The molecule has 0 radical (unpaired) electrons. The lowest BCUT2D eigenvalue weighted by atomic mass is 10.1. The Balaban J connectivity index is 2.11. The first-order valence-corrected chi connectivity index (χ1v) is 5.81. The van der Waals surface area contributed by atoms with Gasteiger partial charge in [-0.1, -0.05) is 0 Å². The Kier molecular flexibility index (Phi) is 2.63. The number of aromatic nitrogens is 1. The van der Waals surface area contributed by atoms with Crippen molar-refractivity contribution < 1.29 is 13.6 Å². The molecule has 0 aliphatic rings. The molecule has 3 aromatic rings. The molecule has 0 unspecified atom stereocenters. The molecule has 3 rings (SSSR count). The molecular weight excluding hydrogens is 245 g/mol. The smallest absolute Gasteiger partial charge is 0.227 e. The maximum absolute atomic E-state index is 12.9. The van der Waals surface area contributed by atoms with Crippen LogP contribution >= 0.6 is 0 Å². The normalized spacial score (nSPS) is 10.8. The number of carbonyl (C=O) groups excluding carboxylic acids is 1. The van der Waals surface area contributed by atoms with Gasteiger partial charge >= 0.3 is 0 Å². The largest absolute Gasteiger partial charge is 0.436 e. The maximum atomic E-state index is 12.9. The van der Waals surface area contributed by atoms with E-state index >= 15 is 0 Å². The molecule has 19 heavy (non-hydrogen) atoms. The van der Waals surface area contributed by atoms with Gasteiger partial charge in [-0.3, -0.25) is 4.79 Å². The van der Waals surface area contributed by atoms with Crippen LogP contribution in [0.15, 0.2) is 46.9 Å². The van der Waals surface area contributed by atoms with Crippen LogP contribution in [-0.2, 0) is 0 Å². The monoisotopic (exact) mass is 255 g/mol. The fraction of sp³-hybridized carbons (Fsp3) is 0.0667. The quantitative estimate of drug-likeness (QED) is 0.653. The van der Waals surface area contributed by atoms with Crippen molar-refractivity contribution in [2.24, 2.45) is 0 Å². The second kappa shape index (κ2) is 4.31. The molecule has 0 saturated heterocycles. The van der Waals surface area contributed by atoms with Crippen LogP contribution in [0, 0.1) is 5.82 Å². The van der Waals surface area contributed by atoms with Crippen LogP contribution in [0.25, 0.3) is 22.6 Å². The van der Waals surface area contributed by atoms with Gasteiger partial charge in [0, 0.05) is 11.1 Å². The van der Waals surface area contributed by atoms with Gasteiger partial charge in [-0.25, -0.2) is 9.37 Å². The maximum Gasteiger partial charge on any atom is 0.227 e. The third-order valence-corrected chi connectivity index (χ3v) is 2.89. The molecule has 0 aliphatic heterocycles. The van der Waals surface area contributed by atoms with Gasteiger partial charge in [-0.15, -0.1) is 0 Å². The summed E-state index contributed by atoms with van der Waals surface area (Å²) in [7, 11) is 0. The predicted octanol–water partition coefficient (Wildman–Crippen LogP) is 3.84. The van der Waals surface area contributed by atoms with Crippen LogP contribution in [0.2, 0.25) is 0 Å². The average Bonchev–Trinajstić information content (AvgIpc) is 2.82. The highest BCUT2D eigenvalue weighted by Gasteiger charge is 2.10. The highest BCUT2D eigenvalue weighted by Crippen LogP contribution is 2.25. The Bertz CT molecular complexity index is 759. The Morgan fingerprint density at radius 2 is 1.89 bits per heavy atom. The molecule has 0 bridgehead atoms. The van der Waals surface area contributed by atoms with E-state index in [0.717, 1.165) is 0 Å². The lowest BCUT2D eigenvalue weighted by Gasteiger charge is -1.93. The van der Waals surface area contributed by atoms with Crippen molar-refractivity contribution >= 4 is 16.9 Å². The average molecular weight is 255 g/mol. The number of hydrogen-bond donors (Lipinski definition) is 0. The van der Waals surface area contributed by atoms with Crippen molar-refractivity contribution in [1.82, 2.24) is 4.98 Å². The number of ketones is 1. The topological polar surface area (TPSA) is 43.1 Å². The van der Waals surface area contributed by atoms with Crippen LogP contribution in [0.1, 0.15) is 17.3 Å². The van der Waals surface area contributed by atoms with Crippen LogP contribution in [0.4, 0.5) is 4.39 Å². The molecule has 0 amide bonds. The van der Waals surface area contributed by atoms with Crippen molar-refractivity contribution in [3.05, 3.63) is 53.8 Å². The van der Waals surface area contributed by atoms with Crippen LogP contribution in [0.5, 0.6) is 0 Å². The van der Waals surface area contributed by atoms with E-state index in [1.54, 1.807) is 30.3 Å². The van der Waals surface area contributed by atoms with Gasteiger partial charge in [0.05, 0.1) is 0 Å². The summed E-state index contributed by atoms with van der Waals surface area (Å²) in [5, 5.41) is 0. The van der Waals surface area contributed by atoms with E-state index in [-0.39, 0.29) is 11.6 Å². The zero-order chi connectivity index (χ0) is 13.4. The number of Topliss-reactive ketones (excluding diaryl/α,β-unsaturated/α-hetero) is 1. The summed E-state index contributed by atoms with van der Waals surface area (Å²) in [6.45, 7) is 1.50. The summed E-state index contributed by atoms with van der Waals surface area (Å²) in [6, 6.07) is 11.0. The number of benzene rings is 2. The van der Waals surface area contributed by atoms with E-state index < -0.39 is 0 Å². The molecule has 1 heterocycles. The molecule has 0 atom stereocenters. The lowest BCUT2D eigenvalue weighted by Crippen LogP contribution is -1.90. The number of hydrogen-bond acceptors (Lipinski definition) is 3. The minimum absolute atomic E-state index is 0.0202. The molecule has 2 aromatic carbocycles.